The molecule has 166 valence electrons. The van der Waals surface area contributed by atoms with E-state index in [4.69, 9.17) is 51.8 Å². The van der Waals surface area contributed by atoms with Crippen LogP contribution in [-0.4, -0.2) is 41.3 Å². The average molecular weight is 506 g/mol. The summed E-state index contributed by atoms with van der Waals surface area (Å²) in [4.78, 5) is 23.9. The smallest absolute Gasteiger partial charge is 0.411 e. The maximum absolute atomic E-state index is 12.7. The van der Waals surface area contributed by atoms with Gasteiger partial charge in [-0.05, 0) is 48.6 Å². The van der Waals surface area contributed by atoms with Gasteiger partial charge in [0, 0.05) is 11.4 Å². The SMILES string of the molecule is COC(=O)Nc1ccc(NC(=S)NC(NC(=O)c2ccccc2OC)C(Cl)(Cl)Cl)cc1. The van der Waals surface area contributed by atoms with Gasteiger partial charge in [-0.1, -0.05) is 46.9 Å². The van der Waals surface area contributed by atoms with Gasteiger partial charge in [-0.3, -0.25) is 10.1 Å². The minimum Gasteiger partial charge on any atom is -0.496 e. The van der Waals surface area contributed by atoms with Crippen LogP contribution in [0.2, 0.25) is 0 Å². The molecule has 31 heavy (non-hydrogen) atoms. The number of methoxy groups -OCH3 is 2. The first kappa shape index (κ1) is 24.8. The molecular weight excluding hydrogens is 487 g/mol. The number of para-hydroxylation sites is 1. The first-order valence-electron chi connectivity index (χ1n) is 8.67. The molecule has 0 radical (unpaired) electrons. The predicted molar refractivity (Wildman–Crippen MR) is 126 cm³/mol. The molecule has 0 aliphatic rings. The van der Waals surface area contributed by atoms with E-state index in [9.17, 15) is 9.59 Å². The molecule has 0 heterocycles. The van der Waals surface area contributed by atoms with Crippen LogP contribution < -0.4 is 26.0 Å². The van der Waals surface area contributed by atoms with Crippen molar-refractivity contribution in [2.45, 2.75) is 9.96 Å². The number of benzene rings is 2. The molecule has 0 aliphatic carbocycles. The third-order valence-electron chi connectivity index (χ3n) is 3.80. The molecule has 12 heteroatoms. The van der Waals surface area contributed by atoms with Gasteiger partial charge in [0.25, 0.3) is 5.91 Å². The maximum atomic E-state index is 12.7. The number of ether oxygens (including phenoxy) is 2. The number of amides is 2. The molecule has 0 saturated carbocycles. The van der Waals surface area contributed by atoms with Crippen molar-refractivity contribution in [3.63, 3.8) is 0 Å². The Labute approximate surface area is 199 Å². The highest BCUT2D eigenvalue weighted by Gasteiger charge is 2.35. The number of nitrogens with one attached hydrogen (secondary N) is 4. The number of hydrogen-bond acceptors (Lipinski definition) is 5. The van der Waals surface area contributed by atoms with Crippen molar-refractivity contribution in [3.05, 3.63) is 54.1 Å². The van der Waals surface area contributed by atoms with E-state index < -0.39 is 22.0 Å². The summed E-state index contributed by atoms with van der Waals surface area (Å²) in [6, 6.07) is 13.2. The second-order valence-corrected chi connectivity index (χ2v) is 8.72. The monoisotopic (exact) mass is 504 g/mol. The summed E-state index contributed by atoms with van der Waals surface area (Å²) in [5.74, 6) is -0.160. The highest BCUT2D eigenvalue weighted by Crippen LogP contribution is 2.30. The van der Waals surface area contributed by atoms with Crippen LogP contribution in [0.1, 0.15) is 10.4 Å². The standard InChI is InChI=1S/C19H19Cl3N4O4S/c1-29-14-6-4-3-5-13(14)15(27)25-16(19(20,21)22)26-17(31)23-11-7-9-12(10-8-11)24-18(28)30-2/h3-10,16H,1-2H3,(H,24,28)(H,25,27)(H2,23,26,31). The summed E-state index contributed by atoms with van der Waals surface area (Å²) >= 11 is 23.3. The Bertz CT molecular complexity index is 938. The molecule has 0 fully saturated rings. The number of carbonyl (C=O) groups is 2. The normalized spacial score (nSPS) is 11.6. The fraction of sp³-hybridized carbons (Fsp3) is 0.211. The van der Waals surface area contributed by atoms with E-state index in [1.54, 1.807) is 48.5 Å². The van der Waals surface area contributed by atoms with Crippen molar-refractivity contribution in [3.8, 4) is 5.75 Å². The fourth-order valence-electron chi connectivity index (χ4n) is 2.34. The Balaban J connectivity index is 2.04. The highest BCUT2D eigenvalue weighted by atomic mass is 35.6. The quantitative estimate of drug-likeness (QED) is 0.264. The van der Waals surface area contributed by atoms with Crippen molar-refractivity contribution in [1.82, 2.24) is 10.6 Å². The highest BCUT2D eigenvalue weighted by molar-refractivity contribution is 7.80. The maximum Gasteiger partial charge on any atom is 0.411 e. The summed E-state index contributed by atoms with van der Waals surface area (Å²) in [6.07, 6.45) is -1.75. The molecule has 2 aromatic rings. The van der Waals surface area contributed by atoms with Gasteiger partial charge in [-0.25, -0.2) is 4.79 Å². The Kier molecular flexibility index (Phi) is 9.00. The number of halogens is 3. The average Bonchev–Trinajstić information content (AvgIpc) is 2.73. The zero-order valence-electron chi connectivity index (χ0n) is 16.4. The zero-order chi connectivity index (χ0) is 23.0. The number of thiocarbonyl (C=S) groups is 1. The van der Waals surface area contributed by atoms with Crippen LogP contribution in [0.25, 0.3) is 0 Å². The summed E-state index contributed by atoms with van der Waals surface area (Å²) < 4.78 is 7.79. The van der Waals surface area contributed by atoms with Crippen molar-refractivity contribution >= 4 is 75.5 Å². The largest absolute Gasteiger partial charge is 0.496 e. The van der Waals surface area contributed by atoms with Crippen molar-refractivity contribution < 1.29 is 19.1 Å². The van der Waals surface area contributed by atoms with Gasteiger partial charge >= 0.3 is 6.09 Å². The lowest BCUT2D eigenvalue weighted by Gasteiger charge is -2.28. The van der Waals surface area contributed by atoms with E-state index in [-0.39, 0.29) is 10.7 Å². The van der Waals surface area contributed by atoms with Crippen LogP contribution in [0, 0.1) is 0 Å². The van der Waals surface area contributed by atoms with Crippen LogP contribution in [0.15, 0.2) is 48.5 Å². The van der Waals surface area contributed by atoms with Gasteiger partial charge in [0.15, 0.2) is 5.11 Å². The lowest BCUT2D eigenvalue weighted by molar-refractivity contribution is 0.0931. The second kappa shape index (κ2) is 11.2. The number of carbonyl (C=O) groups excluding carboxylic acids is 2. The van der Waals surface area contributed by atoms with E-state index in [0.29, 0.717) is 17.1 Å². The molecule has 0 spiro atoms. The lowest BCUT2D eigenvalue weighted by atomic mass is 10.2. The zero-order valence-corrected chi connectivity index (χ0v) is 19.5. The molecule has 0 aromatic heterocycles. The molecule has 2 rings (SSSR count). The van der Waals surface area contributed by atoms with Crippen LogP contribution >= 0.6 is 47.0 Å². The third kappa shape index (κ3) is 7.62. The first-order valence-corrected chi connectivity index (χ1v) is 10.2. The van der Waals surface area contributed by atoms with Crippen LogP contribution in [0.4, 0.5) is 16.2 Å². The van der Waals surface area contributed by atoms with Crippen LogP contribution in [-0.2, 0) is 4.74 Å². The second-order valence-electron chi connectivity index (χ2n) is 5.94. The van der Waals surface area contributed by atoms with E-state index in [1.807, 2.05) is 0 Å². The van der Waals surface area contributed by atoms with E-state index in [1.165, 1.54) is 14.2 Å². The minimum atomic E-state index is -1.92. The third-order valence-corrected chi connectivity index (χ3v) is 4.68. The van der Waals surface area contributed by atoms with Gasteiger partial charge in [0.05, 0.1) is 19.8 Å². The van der Waals surface area contributed by atoms with Crippen molar-refractivity contribution in [2.75, 3.05) is 24.9 Å². The summed E-state index contributed by atoms with van der Waals surface area (Å²) in [7, 11) is 2.71. The molecule has 1 unspecified atom stereocenters. The number of rotatable bonds is 6. The summed E-state index contributed by atoms with van der Waals surface area (Å²) in [5.41, 5.74) is 1.38. The van der Waals surface area contributed by atoms with E-state index in [2.05, 4.69) is 26.0 Å². The molecule has 2 aromatic carbocycles. The molecule has 0 saturated heterocycles. The number of alkyl halides is 3. The van der Waals surface area contributed by atoms with Crippen molar-refractivity contribution in [2.24, 2.45) is 0 Å². The van der Waals surface area contributed by atoms with Gasteiger partial charge in [-0.15, -0.1) is 0 Å². The Morgan fingerprint density at radius 1 is 0.935 bits per heavy atom. The molecule has 0 bridgehead atoms. The molecule has 2 amide bonds. The predicted octanol–water partition coefficient (Wildman–Crippen LogP) is 4.29. The van der Waals surface area contributed by atoms with E-state index >= 15 is 0 Å². The van der Waals surface area contributed by atoms with Gasteiger partial charge < -0.3 is 25.4 Å². The molecule has 1 atom stereocenters. The Morgan fingerprint density at radius 3 is 2.06 bits per heavy atom. The summed E-state index contributed by atoms with van der Waals surface area (Å²) in [6.45, 7) is 0. The fourth-order valence-corrected chi connectivity index (χ4v) is 2.91. The topological polar surface area (TPSA) is 101 Å². The van der Waals surface area contributed by atoms with Crippen LogP contribution in [0.5, 0.6) is 5.75 Å². The van der Waals surface area contributed by atoms with Gasteiger partial charge in [0.2, 0.25) is 3.79 Å². The first-order chi connectivity index (χ1) is 14.6. The van der Waals surface area contributed by atoms with Crippen molar-refractivity contribution in [1.29, 1.82) is 0 Å². The van der Waals surface area contributed by atoms with Gasteiger partial charge in [-0.2, -0.15) is 0 Å². The minimum absolute atomic E-state index is 0.0883. The molecule has 0 aliphatic heterocycles. The lowest BCUT2D eigenvalue weighted by Crippen LogP contribution is -2.56. The number of hydrogen-bond donors (Lipinski definition) is 4. The molecule has 8 nitrogen and oxygen atoms in total. The molecular formula is C19H19Cl3N4O4S. The van der Waals surface area contributed by atoms with Gasteiger partial charge in [0.1, 0.15) is 11.9 Å². The van der Waals surface area contributed by atoms with E-state index in [0.717, 1.165) is 0 Å². The van der Waals surface area contributed by atoms with Crippen LogP contribution in [0.3, 0.4) is 0 Å². The number of anilines is 2. The molecule has 4 N–H and O–H groups in total. The Morgan fingerprint density at radius 2 is 1.52 bits per heavy atom. The Hall–Kier alpha value is -2.46. The summed E-state index contributed by atoms with van der Waals surface area (Å²) in [5, 5.41) is 10.9.